The van der Waals surface area contributed by atoms with Crippen molar-refractivity contribution < 1.29 is 14.3 Å². The zero-order valence-electron chi connectivity index (χ0n) is 14.4. The summed E-state index contributed by atoms with van der Waals surface area (Å²) in [5.41, 5.74) is 3.04. The van der Waals surface area contributed by atoms with Crippen LogP contribution >= 0.6 is 0 Å². The molecule has 4 heteroatoms. The Morgan fingerprint density at radius 3 is 2.58 bits per heavy atom. The first-order valence-electron chi connectivity index (χ1n) is 8.33. The van der Waals surface area contributed by atoms with Gasteiger partial charge >= 0.3 is 0 Å². The minimum atomic E-state index is -0.157. The Morgan fingerprint density at radius 1 is 1.12 bits per heavy atom. The van der Waals surface area contributed by atoms with Crippen LogP contribution in [-0.4, -0.2) is 36.6 Å². The second-order valence-corrected chi connectivity index (χ2v) is 6.14. The zero-order chi connectivity index (χ0) is 17.1. The van der Waals surface area contributed by atoms with Crippen molar-refractivity contribution in [2.24, 2.45) is 0 Å². The molecule has 3 rings (SSSR count). The molecule has 0 saturated carbocycles. The summed E-state index contributed by atoms with van der Waals surface area (Å²) >= 11 is 0. The molecule has 0 saturated heterocycles. The van der Waals surface area contributed by atoms with Gasteiger partial charge in [-0.1, -0.05) is 18.2 Å². The highest BCUT2D eigenvalue weighted by Gasteiger charge is 2.25. The van der Waals surface area contributed by atoms with Crippen LogP contribution in [0.1, 0.15) is 28.4 Å². The van der Waals surface area contributed by atoms with Crippen LogP contribution < -0.4 is 9.47 Å². The summed E-state index contributed by atoms with van der Waals surface area (Å²) in [4.78, 5) is 14.6. The van der Waals surface area contributed by atoms with Gasteiger partial charge < -0.3 is 14.4 Å². The van der Waals surface area contributed by atoms with Gasteiger partial charge in [-0.2, -0.15) is 0 Å². The fraction of sp³-hybridized carbons (Fsp3) is 0.350. The van der Waals surface area contributed by atoms with Gasteiger partial charge in [0, 0.05) is 12.1 Å². The van der Waals surface area contributed by atoms with Crippen LogP contribution in [0.25, 0.3) is 0 Å². The van der Waals surface area contributed by atoms with E-state index in [1.54, 1.807) is 0 Å². The van der Waals surface area contributed by atoms with Gasteiger partial charge in [0.1, 0.15) is 6.61 Å². The summed E-state index contributed by atoms with van der Waals surface area (Å²) in [6.45, 7) is 7.65. The summed E-state index contributed by atoms with van der Waals surface area (Å²) in [7, 11) is 0. The highest BCUT2D eigenvalue weighted by atomic mass is 16.6. The first-order valence-corrected chi connectivity index (χ1v) is 8.33. The highest BCUT2D eigenvalue weighted by molar-refractivity contribution is 5.94. The molecule has 1 atom stereocenters. The molecule has 0 fully saturated rings. The molecule has 24 heavy (non-hydrogen) atoms. The number of aryl methyl sites for hydroxylation is 2. The van der Waals surface area contributed by atoms with Crippen LogP contribution in [0.2, 0.25) is 0 Å². The SMILES string of the molecule is CCN(CC1COc2ccccc2O1)C(=O)c1ccc(C)c(C)c1. The van der Waals surface area contributed by atoms with Gasteiger partial charge in [-0.05, 0) is 56.2 Å². The van der Waals surface area contributed by atoms with E-state index in [1.165, 1.54) is 5.56 Å². The topological polar surface area (TPSA) is 38.8 Å². The van der Waals surface area contributed by atoms with Gasteiger partial charge in [-0.3, -0.25) is 4.79 Å². The molecule has 126 valence electrons. The number of likely N-dealkylation sites (N-methyl/N-ethyl adjacent to an activating group) is 1. The van der Waals surface area contributed by atoms with E-state index in [-0.39, 0.29) is 12.0 Å². The smallest absolute Gasteiger partial charge is 0.253 e. The van der Waals surface area contributed by atoms with Crippen LogP contribution in [0.5, 0.6) is 11.5 Å². The lowest BCUT2D eigenvalue weighted by atomic mass is 10.1. The Morgan fingerprint density at radius 2 is 1.88 bits per heavy atom. The minimum Gasteiger partial charge on any atom is -0.486 e. The molecule has 0 aliphatic carbocycles. The molecule has 0 aromatic heterocycles. The van der Waals surface area contributed by atoms with Crippen molar-refractivity contribution in [3.63, 3.8) is 0 Å². The number of amides is 1. The fourth-order valence-corrected chi connectivity index (χ4v) is 2.81. The third kappa shape index (κ3) is 3.37. The molecule has 0 N–H and O–H groups in total. The van der Waals surface area contributed by atoms with Crippen molar-refractivity contribution in [3.8, 4) is 11.5 Å². The normalized spacial score (nSPS) is 15.9. The molecule has 4 nitrogen and oxygen atoms in total. The molecule has 1 unspecified atom stereocenters. The molecule has 0 bridgehead atoms. The summed E-state index contributed by atoms with van der Waals surface area (Å²) < 4.78 is 11.7. The number of fused-ring (bicyclic) bond motifs is 1. The van der Waals surface area contributed by atoms with Gasteiger partial charge in [0.2, 0.25) is 0 Å². The molecule has 1 aliphatic rings. The summed E-state index contributed by atoms with van der Waals surface area (Å²) in [6.07, 6.45) is -0.157. The molecular weight excluding hydrogens is 302 g/mol. The third-order valence-corrected chi connectivity index (χ3v) is 4.41. The second kappa shape index (κ2) is 6.95. The summed E-state index contributed by atoms with van der Waals surface area (Å²) in [5.74, 6) is 1.53. The highest BCUT2D eigenvalue weighted by Crippen LogP contribution is 2.31. The maximum absolute atomic E-state index is 12.8. The molecule has 2 aromatic rings. The summed E-state index contributed by atoms with van der Waals surface area (Å²) in [5, 5.41) is 0. The Hall–Kier alpha value is -2.49. The number of nitrogens with zero attached hydrogens (tertiary/aromatic N) is 1. The van der Waals surface area contributed by atoms with Gasteiger partial charge in [-0.15, -0.1) is 0 Å². The maximum atomic E-state index is 12.8. The number of carbonyl (C=O) groups excluding carboxylic acids is 1. The van der Waals surface area contributed by atoms with Crippen molar-refractivity contribution in [2.75, 3.05) is 19.7 Å². The molecule has 2 aromatic carbocycles. The molecule has 1 amide bonds. The quantitative estimate of drug-likeness (QED) is 0.862. The van der Waals surface area contributed by atoms with Gasteiger partial charge in [-0.25, -0.2) is 0 Å². The van der Waals surface area contributed by atoms with Crippen LogP contribution in [0.3, 0.4) is 0 Å². The van der Waals surface area contributed by atoms with E-state index in [4.69, 9.17) is 9.47 Å². The van der Waals surface area contributed by atoms with E-state index < -0.39 is 0 Å². The first kappa shape index (κ1) is 16.4. The van der Waals surface area contributed by atoms with Crippen LogP contribution in [0.15, 0.2) is 42.5 Å². The average molecular weight is 325 g/mol. The van der Waals surface area contributed by atoms with E-state index in [2.05, 4.69) is 0 Å². The van der Waals surface area contributed by atoms with Crippen molar-refractivity contribution in [3.05, 3.63) is 59.2 Å². The van der Waals surface area contributed by atoms with Gasteiger partial charge in [0.25, 0.3) is 5.91 Å². The lowest BCUT2D eigenvalue weighted by Gasteiger charge is -2.31. The largest absolute Gasteiger partial charge is 0.486 e. The fourth-order valence-electron chi connectivity index (χ4n) is 2.81. The predicted molar refractivity (Wildman–Crippen MR) is 93.8 cm³/mol. The monoisotopic (exact) mass is 325 g/mol. The first-order chi connectivity index (χ1) is 11.6. The molecule has 0 spiro atoms. The van der Waals surface area contributed by atoms with Crippen molar-refractivity contribution in [1.29, 1.82) is 0 Å². The molecular formula is C20H23NO3. The van der Waals surface area contributed by atoms with Crippen molar-refractivity contribution in [1.82, 2.24) is 4.90 Å². The maximum Gasteiger partial charge on any atom is 0.253 e. The number of rotatable bonds is 4. The summed E-state index contributed by atoms with van der Waals surface area (Å²) in [6, 6.07) is 13.5. The second-order valence-electron chi connectivity index (χ2n) is 6.14. The molecule has 1 aliphatic heterocycles. The van der Waals surface area contributed by atoms with E-state index in [9.17, 15) is 4.79 Å². The third-order valence-electron chi connectivity index (χ3n) is 4.41. The zero-order valence-corrected chi connectivity index (χ0v) is 14.4. The Labute approximate surface area is 143 Å². The minimum absolute atomic E-state index is 0.0306. The van der Waals surface area contributed by atoms with Crippen molar-refractivity contribution >= 4 is 5.91 Å². The van der Waals surface area contributed by atoms with Crippen LogP contribution in [0.4, 0.5) is 0 Å². The molecule has 1 heterocycles. The number of hydrogen-bond acceptors (Lipinski definition) is 3. The number of benzene rings is 2. The lowest BCUT2D eigenvalue weighted by Crippen LogP contribution is -2.43. The number of hydrogen-bond donors (Lipinski definition) is 0. The Bertz CT molecular complexity index is 741. The van der Waals surface area contributed by atoms with Gasteiger partial charge in [0.15, 0.2) is 17.6 Å². The lowest BCUT2D eigenvalue weighted by molar-refractivity contribution is 0.0475. The number of ether oxygens (including phenoxy) is 2. The molecule has 0 radical (unpaired) electrons. The number of para-hydroxylation sites is 2. The number of carbonyl (C=O) groups is 1. The Balaban J connectivity index is 1.71. The van der Waals surface area contributed by atoms with E-state index in [0.717, 1.165) is 22.6 Å². The van der Waals surface area contributed by atoms with E-state index in [0.29, 0.717) is 19.7 Å². The average Bonchev–Trinajstić information content (AvgIpc) is 2.61. The predicted octanol–water partition coefficient (Wildman–Crippen LogP) is 3.61. The Kier molecular flexibility index (Phi) is 4.74. The van der Waals surface area contributed by atoms with Crippen LogP contribution in [-0.2, 0) is 0 Å². The van der Waals surface area contributed by atoms with E-state index >= 15 is 0 Å². The van der Waals surface area contributed by atoms with Crippen LogP contribution in [0, 0.1) is 13.8 Å². The van der Waals surface area contributed by atoms with Crippen molar-refractivity contribution in [2.45, 2.75) is 26.9 Å². The standard InChI is InChI=1S/C20H23NO3/c1-4-21(20(22)16-10-9-14(2)15(3)11-16)12-17-13-23-18-7-5-6-8-19(18)24-17/h5-11,17H,4,12-13H2,1-3H3. The van der Waals surface area contributed by atoms with E-state index in [1.807, 2.05) is 68.1 Å². The van der Waals surface area contributed by atoms with Gasteiger partial charge in [0.05, 0.1) is 6.54 Å².